The van der Waals surface area contributed by atoms with Crippen molar-refractivity contribution in [3.05, 3.63) is 41.5 Å². The number of benzene rings is 1. The minimum atomic E-state index is 0.376. The molecular weight excluding hydrogens is 172 g/mol. The zero-order valence-electron chi connectivity index (χ0n) is 8.95. The number of carbonyl (C=O) groups is 1. The third kappa shape index (κ3) is 2.32. The number of allylic oxidation sites excluding steroid dienone is 2. The minimum absolute atomic E-state index is 0.376. The highest BCUT2D eigenvalue weighted by molar-refractivity contribution is 5.83. The Morgan fingerprint density at radius 2 is 1.93 bits per heavy atom. The SMILES string of the molecule is Cc1ccccc1/C(=C\C=O)C(C)C. The Kier molecular flexibility index (Phi) is 3.63. The fraction of sp³-hybridized carbons (Fsp3) is 0.308. The normalized spacial score (nSPS) is 11.9. The molecule has 0 fully saturated rings. The van der Waals surface area contributed by atoms with Gasteiger partial charge in [0.2, 0.25) is 0 Å². The van der Waals surface area contributed by atoms with Gasteiger partial charge in [-0.15, -0.1) is 0 Å². The molecule has 74 valence electrons. The standard InChI is InChI=1S/C13H16O/c1-10(2)12(8-9-14)13-7-5-4-6-11(13)3/h4-10H,1-3H3/b12-8-. The fourth-order valence-electron chi connectivity index (χ4n) is 1.56. The highest BCUT2D eigenvalue weighted by Gasteiger charge is 2.07. The summed E-state index contributed by atoms with van der Waals surface area (Å²) in [6, 6.07) is 8.14. The fourth-order valence-corrected chi connectivity index (χ4v) is 1.56. The molecule has 0 aromatic heterocycles. The van der Waals surface area contributed by atoms with Crippen molar-refractivity contribution in [1.82, 2.24) is 0 Å². The molecule has 1 heteroatoms. The lowest BCUT2D eigenvalue weighted by molar-refractivity contribution is -0.104. The lowest BCUT2D eigenvalue weighted by atomic mass is 9.92. The number of hydrogen-bond donors (Lipinski definition) is 0. The average Bonchev–Trinajstić information content (AvgIpc) is 2.15. The molecule has 0 aliphatic heterocycles. The summed E-state index contributed by atoms with van der Waals surface area (Å²) in [5.41, 5.74) is 3.50. The van der Waals surface area contributed by atoms with Crippen LogP contribution in [0.4, 0.5) is 0 Å². The predicted octanol–water partition coefficient (Wildman–Crippen LogP) is 3.23. The zero-order chi connectivity index (χ0) is 10.6. The Bertz CT molecular complexity index is 348. The quantitative estimate of drug-likeness (QED) is 0.525. The van der Waals surface area contributed by atoms with E-state index in [9.17, 15) is 4.79 Å². The first kappa shape index (κ1) is 10.7. The van der Waals surface area contributed by atoms with Gasteiger partial charge in [0.15, 0.2) is 0 Å². The van der Waals surface area contributed by atoms with Crippen molar-refractivity contribution in [3.63, 3.8) is 0 Å². The highest BCUT2D eigenvalue weighted by Crippen LogP contribution is 2.24. The molecule has 0 bridgehead atoms. The van der Waals surface area contributed by atoms with Crippen LogP contribution < -0.4 is 0 Å². The van der Waals surface area contributed by atoms with Crippen LogP contribution in [0.15, 0.2) is 30.3 Å². The molecule has 0 N–H and O–H groups in total. The smallest absolute Gasteiger partial charge is 0.143 e. The van der Waals surface area contributed by atoms with Gasteiger partial charge in [-0.2, -0.15) is 0 Å². The van der Waals surface area contributed by atoms with Gasteiger partial charge < -0.3 is 0 Å². The summed E-state index contributed by atoms with van der Waals surface area (Å²) in [6.07, 6.45) is 2.52. The molecule has 1 aromatic rings. The molecule has 1 rings (SSSR count). The topological polar surface area (TPSA) is 17.1 Å². The molecule has 0 aliphatic carbocycles. The number of carbonyl (C=O) groups excluding carboxylic acids is 1. The van der Waals surface area contributed by atoms with Gasteiger partial charge in [0.1, 0.15) is 6.29 Å². The second-order valence-electron chi connectivity index (χ2n) is 3.73. The van der Waals surface area contributed by atoms with Crippen LogP contribution in [0.2, 0.25) is 0 Å². The Morgan fingerprint density at radius 1 is 1.29 bits per heavy atom. The Labute approximate surface area is 85.5 Å². The highest BCUT2D eigenvalue weighted by atomic mass is 16.1. The van der Waals surface area contributed by atoms with Gasteiger partial charge in [-0.1, -0.05) is 38.1 Å². The van der Waals surface area contributed by atoms with E-state index in [1.165, 1.54) is 11.1 Å². The van der Waals surface area contributed by atoms with Gasteiger partial charge in [0, 0.05) is 0 Å². The van der Waals surface area contributed by atoms with Crippen molar-refractivity contribution in [3.8, 4) is 0 Å². The van der Waals surface area contributed by atoms with E-state index in [0.29, 0.717) is 5.92 Å². The molecule has 0 atom stereocenters. The van der Waals surface area contributed by atoms with Gasteiger partial charge in [-0.3, -0.25) is 4.79 Å². The van der Waals surface area contributed by atoms with Crippen LogP contribution >= 0.6 is 0 Å². The summed E-state index contributed by atoms with van der Waals surface area (Å²) in [6.45, 7) is 6.26. The van der Waals surface area contributed by atoms with Crippen LogP contribution in [0.5, 0.6) is 0 Å². The molecule has 14 heavy (non-hydrogen) atoms. The predicted molar refractivity (Wildman–Crippen MR) is 60.1 cm³/mol. The maximum atomic E-state index is 10.5. The Balaban J connectivity index is 3.19. The van der Waals surface area contributed by atoms with Crippen molar-refractivity contribution in [2.24, 2.45) is 5.92 Å². The van der Waals surface area contributed by atoms with Crippen LogP contribution in [-0.4, -0.2) is 6.29 Å². The molecule has 1 aromatic carbocycles. The van der Waals surface area contributed by atoms with Crippen molar-refractivity contribution in [2.45, 2.75) is 20.8 Å². The Hall–Kier alpha value is -1.37. The first-order chi connectivity index (χ1) is 6.66. The van der Waals surface area contributed by atoms with Gasteiger partial charge in [-0.05, 0) is 35.6 Å². The third-order valence-electron chi connectivity index (χ3n) is 2.33. The van der Waals surface area contributed by atoms with E-state index in [2.05, 4.69) is 32.9 Å². The Morgan fingerprint density at radius 3 is 2.43 bits per heavy atom. The van der Waals surface area contributed by atoms with Gasteiger partial charge in [0.25, 0.3) is 0 Å². The summed E-state index contributed by atoms with van der Waals surface area (Å²) in [5, 5.41) is 0. The van der Waals surface area contributed by atoms with E-state index in [-0.39, 0.29) is 0 Å². The summed E-state index contributed by atoms with van der Waals surface area (Å²) in [4.78, 5) is 10.5. The van der Waals surface area contributed by atoms with Crippen LogP contribution in [0, 0.1) is 12.8 Å². The number of aldehydes is 1. The molecule has 0 saturated carbocycles. The average molecular weight is 188 g/mol. The first-order valence-corrected chi connectivity index (χ1v) is 4.88. The summed E-state index contributed by atoms with van der Waals surface area (Å²) < 4.78 is 0. The van der Waals surface area contributed by atoms with Crippen LogP contribution in [-0.2, 0) is 4.79 Å². The van der Waals surface area contributed by atoms with Gasteiger partial charge >= 0.3 is 0 Å². The van der Waals surface area contributed by atoms with Gasteiger partial charge in [-0.25, -0.2) is 0 Å². The van der Waals surface area contributed by atoms with Crippen molar-refractivity contribution in [1.29, 1.82) is 0 Å². The monoisotopic (exact) mass is 188 g/mol. The minimum Gasteiger partial charge on any atom is -0.299 e. The molecular formula is C13H16O. The van der Waals surface area contributed by atoms with Crippen LogP contribution in [0.25, 0.3) is 5.57 Å². The maximum Gasteiger partial charge on any atom is 0.143 e. The molecule has 0 heterocycles. The first-order valence-electron chi connectivity index (χ1n) is 4.88. The second-order valence-corrected chi connectivity index (χ2v) is 3.73. The molecule has 0 radical (unpaired) electrons. The van der Waals surface area contributed by atoms with E-state index < -0.39 is 0 Å². The molecule has 0 unspecified atom stereocenters. The molecule has 0 amide bonds. The van der Waals surface area contributed by atoms with Gasteiger partial charge in [0.05, 0.1) is 0 Å². The van der Waals surface area contributed by atoms with Crippen molar-refractivity contribution in [2.75, 3.05) is 0 Å². The number of aryl methyl sites for hydroxylation is 1. The largest absolute Gasteiger partial charge is 0.299 e. The van der Waals surface area contributed by atoms with E-state index >= 15 is 0 Å². The third-order valence-corrected chi connectivity index (χ3v) is 2.33. The molecule has 0 aliphatic rings. The van der Waals surface area contributed by atoms with E-state index in [4.69, 9.17) is 0 Å². The van der Waals surface area contributed by atoms with Crippen LogP contribution in [0.1, 0.15) is 25.0 Å². The van der Waals surface area contributed by atoms with E-state index in [0.717, 1.165) is 11.9 Å². The number of rotatable bonds is 3. The van der Waals surface area contributed by atoms with E-state index in [1.807, 2.05) is 12.1 Å². The van der Waals surface area contributed by atoms with Crippen LogP contribution in [0.3, 0.4) is 0 Å². The lowest BCUT2D eigenvalue weighted by Gasteiger charge is -2.13. The van der Waals surface area contributed by atoms with E-state index in [1.54, 1.807) is 6.08 Å². The van der Waals surface area contributed by atoms with Crippen molar-refractivity contribution < 1.29 is 4.79 Å². The summed E-state index contributed by atoms with van der Waals surface area (Å²) in [7, 11) is 0. The molecule has 1 nitrogen and oxygen atoms in total. The summed E-state index contributed by atoms with van der Waals surface area (Å²) in [5.74, 6) is 0.376. The maximum absolute atomic E-state index is 10.5. The molecule has 0 spiro atoms. The second kappa shape index (κ2) is 4.75. The van der Waals surface area contributed by atoms with Crippen molar-refractivity contribution >= 4 is 11.9 Å². The number of hydrogen-bond acceptors (Lipinski definition) is 1. The lowest BCUT2D eigenvalue weighted by Crippen LogP contribution is -1.96. The summed E-state index contributed by atoms with van der Waals surface area (Å²) >= 11 is 0. The molecule has 0 saturated heterocycles. The zero-order valence-corrected chi connectivity index (χ0v) is 8.95.